The summed E-state index contributed by atoms with van der Waals surface area (Å²) in [6.45, 7) is 1.84. The zero-order valence-electron chi connectivity index (χ0n) is 12.6. The lowest BCUT2D eigenvalue weighted by atomic mass is 10.2. The normalized spacial score (nSPS) is 11.3. The van der Waals surface area contributed by atoms with Crippen molar-refractivity contribution in [3.63, 3.8) is 0 Å². The molecule has 0 spiro atoms. The van der Waals surface area contributed by atoms with Crippen molar-refractivity contribution in [1.29, 1.82) is 0 Å². The van der Waals surface area contributed by atoms with E-state index in [1.807, 2.05) is 6.92 Å². The van der Waals surface area contributed by atoms with Crippen molar-refractivity contribution in [3.05, 3.63) is 66.0 Å². The Hall–Kier alpha value is -2.96. The maximum atomic E-state index is 12.6. The Balaban J connectivity index is 1.82. The van der Waals surface area contributed by atoms with Crippen LogP contribution in [0.4, 0.5) is 13.2 Å². The molecule has 24 heavy (non-hydrogen) atoms. The minimum Gasteiger partial charge on any atom is -0.439 e. The summed E-state index contributed by atoms with van der Waals surface area (Å²) < 4.78 is 43.2. The second kappa shape index (κ2) is 6.27. The molecule has 1 aromatic carbocycles. The van der Waals surface area contributed by atoms with Crippen molar-refractivity contribution in [1.82, 2.24) is 15.0 Å². The summed E-state index contributed by atoms with van der Waals surface area (Å²) in [6.07, 6.45) is -2.75. The number of rotatable bonds is 3. The van der Waals surface area contributed by atoms with Gasteiger partial charge in [-0.1, -0.05) is 6.07 Å². The van der Waals surface area contributed by atoms with Crippen LogP contribution in [0.5, 0.6) is 11.6 Å². The van der Waals surface area contributed by atoms with Gasteiger partial charge in [-0.3, -0.25) is 0 Å². The molecule has 0 radical (unpaired) electrons. The Morgan fingerprint density at radius 1 is 0.917 bits per heavy atom. The van der Waals surface area contributed by atoms with Crippen LogP contribution in [0, 0.1) is 6.92 Å². The summed E-state index contributed by atoms with van der Waals surface area (Å²) in [4.78, 5) is 12.7. The fourth-order valence-electron chi connectivity index (χ4n) is 2.00. The van der Waals surface area contributed by atoms with Crippen molar-refractivity contribution in [2.45, 2.75) is 13.1 Å². The minimum absolute atomic E-state index is 0.248. The van der Waals surface area contributed by atoms with Gasteiger partial charge in [0, 0.05) is 18.0 Å². The van der Waals surface area contributed by atoms with Crippen molar-refractivity contribution in [2.24, 2.45) is 0 Å². The molecule has 0 aliphatic heterocycles. The van der Waals surface area contributed by atoms with Gasteiger partial charge in [-0.05, 0) is 43.3 Å². The van der Waals surface area contributed by atoms with Crippen LogP contribution in [-0.2, 0) is 6.18 Å². The number of benzene rings is 1. The number of hydrogen-bond acceptors (Lipinski definition) is 4. The van der Waals surface area contributed by atoms with Crippen LogP contribution in [-0.4, -0.2) is 15.0 Å². The monoisotopic (exact) mass is 331 g/mol. The Labute approximate surface area is 136 Å². The lowest BCUT2D eigenvalue weighted by Crippen LogP contribution is -2.04. The molecule has 4 nitrogen and oxygen atoms in total. The average Bonchev–Trinajstić information content (AvgIpc) is 2.55. The SMILES string of the molecule is Cc1ccnc(-c2cccc(Oc3ccc(C(F)(F)F)cc3)n2)n1. The third-order valence-electron chi connectivity index (χ3n) is 3.15. The van der Waals surface area contributed by atoms with Crippen LogP contribution in [0.1, 0.15) is 11.3 Å². The molecular formula is C17H12F3N3O. The molecule has 0 N–H and O–H groups in total. The molecular weight excluding hydrogens is 319 g/mol. The quantitative estimate of drug-likeness (QED) is 0.700. The van der Waals surface area contributed by atoms with Crippen LogP contribution in [0.3, 0.4) is 0 Å². The molecule has 0 saturated carbocycles. The number of ether oxygens (including phenoxy) is 1. The van der Waals surface area contributed by atoms with E-state index in [-0.39, 0.29) is 11.6 Å². The molecule has 3 rings (SSSR count). The zero-order chi connectivity index (χ0) is 17.2. The average molecular weight is 331 g/mol. The fourth-order valence-corrected chi connectivity index (χ4v) is 2.00. The number of halogens is 3. The summed E-state index contributed by atoms with van der Waals surface area (Å²) in [5.41, 5.74) is 0.587. The van der Waals surface area contributed by atoms with Crippen molar-refractivity contribution < 1.29 is 17.9 Å². The van der Waals surface area contributed by atoms with Crippen molar-refractivity contribution in [3.8, 4) is 23.1 Å². The molecule has 122 valence electrons. The lowest BCUT2D eigenvalue weighted by Gasteiger charge is -2.09. The van der Waals surface area contributed by atoms with Crippen LogP contribution in [0.25, 0.3) is 11.5 Å². The van der Waals surface area contributed by atoms with Gasteiger partial charge in [0.05, 0.1) is 5.56 Å². The molecule has 0 aliphatic carbocycles. The van der Waals surface area contributed by atoms with Gasteiger partial charge in [0.2, 0.25) is 5.88 Å². The first kappa shape index (κ1) is 15.9. The molecule has 2 aromatic heterocycles. The third kappa shape index (κ3) is 3.68. The van der Waals surface area contributed by atoms with Gasteiger partial charge in [0.1, 0.15) is 11.4 Å². The molecule has 0 fully saturated rings. The smallest absolute Gasteiger partial charge is 0.416 e. The molecule has 3 aromatic rings. The first-order chi connectivity index (χ1) is 11.4. The Morgan fingerprint density at radius 2 is 1.67 bits per heavy atom. The molecule has 0 unspecified atom stereocenters. The third-order valence-corrected chi connectivity index (χ3v) is 3.15. The highest BCUT2D eigenvalue weighted by Crippen LogP contribution is 2.31. The topological polar surface area (TPSA) is 47.9 Å². The van der Waals surface area contributed by atoms with E-state index < -0.39 is 11.7 Å². The van der Waals surface area contributed by atoms with E-state index >= 15 is 0 Å². The lowest BCUT2D eigenvalue weighted by molar-refractivity contribution is -0.137. The number of alkyl halides is 3. The zero-order valence-corrected chi connectivity index (χ0v) is 12.6. The van der Waals surface area contributed by atoms with Crippen LogP contribution in [0.15, 0.2) is 54.7 Å². The number of aryl methyl sites for hydroxylation is 1. The second-order valence-electron chi connectivity index (χ2n) is 5.01. The van der Waals surface area contributed by atoms with Crippen LogP contribution in [0.2, 0.25) is 0 Å². The summed E-state index contributed by atoms with van der Waals surface area (Å²) in [6, 6.07) is 11.2. The van der Waals surface area contributed by atoms with Crippen LogP contribution < -0.4 is 4.74 Å². The summed E-state index contributed by atoms with van der Waals surface area (Å²) in [5, 5.41) is 0. The van der Waals surface area contributed by atoms with E-state index in [4.69, 9.17) is 4.74 Å². The molecule has 0 aliphatic rings. The molecule has 0 bridgehead atoms. The highest BCUT2D eigenvalue weighted by Gasteiger charge is 2.30. The Kier molecular flexibility index (Phi) is 4.16. The first-order valence-electron chi connectivity index (χ1n) is 7.04. The highest BCUT2D eigenvalue weighted by molar-refractivity contribution is 5.50. The maximum absolute atomic E-state index is 12.6. The Morgan fingerprint density at radius 3 is 2.33 bits per heavy atom. The summed E-state index contributed by atoms with van der Waals surface area (Å²) in [7, 11) is 0. The van der Waals surface area contributed by atoms with E-state index in [1.165, 1.54) is 12.1 Å². The first-order valence-corrected chi connectivity index (χ1v) is 7.04. The molecule has 0 atom stereocenters. The fraction of sp³-hybridized carbons (Fsp3) is 0.118. The minimum atomic E-state index is -4.38. The van der Waals surface area contributed by atoms with Gasteiger partial charge in [-0.2, -0.15) is 13.2 Å². The van der Waals surface area contributed by atoms with Gasteiger partial charge in [-0.25, -0.2) is 15.0 Å². The number of nitrogens with zero attached hydrogens (tertiary/aromatic N) is 3. The summed E-state index contributed by atoms with van der Waals surface area (Å²) in [5.74, 6) is 0.961. The number of hydrogen-bond donors (Lipinski definition) is 0. The van der Waals surface area contributed by atoms with E-state index in [2.05, 4.69) is 15.0 Å². The van der Waals surface area contributed by atoms with Gasteiger partial charge < -0.3 is 4.74 Å². The highest BCUT2D eigenvalue weighted by atomic mass is 19.4. The number of pyridine rings is 1. The standard InChI is InChI=1S/C17H12F3N3O/c1-11-9-10-21-16(22-11)14-3-2-4-15(23-14)24-13-7-5-12(6-8-13)17(18,19)20/h2-10H,1H3. The molecule has 7 heteroatoms. The van der Waals surface area contributed by atoms with Gasteiger partial charge in [0.15, 0.2) is 5.82 Å². The van der Waals surface area contributed by atoms with E-state index in [0.717, 1.165) is 17.8 Å². The van der Waals surface area contributed by atoms with Crippen LogP contribution >= 0.6 is 0 Å². The molecule has 0 amide bonds. The van der Waals surface area contributed by atoms with E-state index in [0.29, 0.717) is 11.5 Å². The largest absolute Gasteiger partial charge is 0.439 e. The van der Waals surface area contributed by atoms with Gasteiger partial charge >= 0.3 is 6.18 Å². The van der Waals surface area contributed by atoms with Crippen molar-refractivity contribution in [2.75, 3.05) is 0 Å². The van der Waals surface area contributed by atoms with Gasteiger partial charge in [-0.15, -0.1) is 0 Å². The maximum Gasteiger partial charge on any atom is 0.416 e. The number of aromatic nitrogens is 3. The van der Waals surface area contributed by atoms with Gasteiger partial charge in [0.25, 0.3) is 0 Å². The predicted octanol–water partition coefficient (Wildman–Crippen LogP) is 4.66. The van der Waals surface area contributed by atoms with E-state index in [1.54, 1.807) is 30.5 Å². The molecule has 2 heterocycles. The second-order valence-corrected chi connectivity index (χ2v) is 5.01. The molecule has 0 saturated heterocycles. The van der Waals surface area contributed by atoms with Crippen molar-refractivity contribution >= 4 is 0 Å². The van der Waals surface area contributed by atoms with E-state index in [9.17, 15) is 13.2 Å². The Bertz CT molecular complexity index is 848. The predicted molar refractivity (Wildman–Crippen MR) is 81.5 cm³/mol. The summed E-state index contributed by atoms with van der Waals surface area (Å²) >= 11 is 0.